The topological polar surface area (TPSA) is 46.5 Å². The summed E-state index contributed by atoms with van der Waals surface area (Å²) in [6.07, 6.45) is 1.74. The van der Waals surface area contributed by atoms with Crippen LogP contribution in [0, 0.1) is 0 Å². The fourth-order valence-electron chi connectivity index (χ4n) is 0.632. The van der Waals surface area contributed by atoms with Gasteiger partial charge in [0.2, 0.25) is 0 Å². The molecule has 0 rings (SSSR count). The Hall–Kier alpha value is -0.530. The summed E-state index contributed by atoms with van der Waals surface area (Å²) in [6, 6.07) is 0. The van der Waals surface area contributed by atoms with Crippen molar-refractivity contribution in [2.75, 3.05) is 0 Å². The molecule has 0 aromatic carbocycles. The van der Waals surface area contributed by atoms with Crippen LogP contribution in [0.15, 0.2) is 23.0 Å². The van der Waals surface area contributed by atoms with Gasteiger partial charge >= 0.3 is 8.25 Å². The van der Waals surface area contributed by atoms with Gasteiger partial charge in [-0.2, -0.15) is 0 Å². The van der Waals surface area contributed by atoms with Crippen molar-refractivity contribution in [3.8, 4) is 0 Å². The van der Waals surface area contributed by atoms with Crippen LogP contribution < -0.4 is 0 Å². The van der Waals surface area contributed by atoms with E-state index in [-0.39, 0.29) is 0 Å². The Kier molecular flexibility index (Phi) is 4.95. The van der Waals surface area contributed by atoms with Gasteiger partial charge in [-0.05, 0) is 39.3 Å². The van der Waals surface area contributed by atoms with E-state index in [1.54, 1.807) is 6.08 Å². The van der Waals surface area contributed by atoms with Crippen molar-refractivity contribution in [3.05, 3.63) is 23.0 Å². The molecule has 4 heteroatoms. The molecule has 0 aromatic heterocycles. The first-order valence-corrected chi connectivity index (χ1v) is 4.93. The molecular weight excluding hydrogens is 175 g/mol. The second-order valence-electron chi connectivity index (χ2n) is 2.95. The van der Waals surface area contributed by atoms with E-state index in [4.69, 9.17) is 9.42 Å². The fourth-order valence-corrected chi connectivity index (χ4v) is 1.08. The third kappa shape index (κ3) is 5.16. The largest absolute Gasteiger partial charge is 0.426 e. The average Bonchev–Trinajstić information content (AvgIpc) is 1.83. The molecule has 1 atom stereocenters. The van der Waals surface area contributed by atoms with Crippen molar-refractivity contribution in [3.63, 3.8) is 0 Å². The normalized spacial score (nSPS) is 11.8. The number of hydrogen-bond acceptors (Lipinski definition) is 2. The first-order chi connectivity index (χ1) is 5.43. The molecule has 3 nitrogen and oxygen atoms in total. The summed E-state index contributed by atoms with van der Waals surface area (Å²) in [5.41, 5.74) is 1.93. The maximum Gasteiger partial charge on any atom is 0.365 e. The van der Waals surface area contributed by atoms with E-state index in [0.717, 1.165) is 11.1 Å². The summed E-state index contributed by atoms with van der Waals surface area (Å²) in [5, 5.41) is 0. The summed E-state index contributed by atoms with van der Waals surface area (Å²) in [6.45, 7) is 7.47. The molecule has 1 N–H and O–H groups in total. The zero-order chi connectivity index (χ0) is 9.72. The SMILES string of the molecule is CC(C)=CC(O[PH](=O)O)=C(C)C. The molecule has 0 saturated carbocycles. The van der Waals surface area contributed by atoms with E-state index in [9.17, 15) is 4.57 Å². The third-order valence-corrected chi connectivity index (χ3v) is 1.50. The number of allylic oxidation sites excluding steroid dienone is 3. The summed E-state index contributed by atoms with van der Waals surface area (Å²) >= 11 is 0. The Morgan fingerprint density at radius 2 is 1.83 bits per heavy atom. The van der Waals surface area contributed by atoms with Gasteiger partial charge in [-0.1, -0.05) is 5.57 Å². The third-order valence-electron chi connectivity index (χ3n) is 1.11. The van der Waals surface area contributed by atoms with E-state index >= 15 is 0 Å². The fraction of sp³-hybridized carbons (Fsp3) is 0.500. The Balaban J connectivity index is 4.60. The zero-order valence-electron chi connectivity index (χ0n) is 7.84. The van der Waals surface area contributed by atoms with Gasteiger partial charge in [0.15, 0.2) is 0 Å². The van der Waals surface area contributed by atoms with Crippen LogP contribution in [0.1, 0.15) is 27.7 Å². The van der Waals surface area contributed by atoms with E-state index in [1.165, 1.54) is 0 Å². The Bertz CT molecular complexity index is 233. The van der Waals surface area contributed by atoms with Crippen LogP contribution in [0.25, 0.3) is 0 Å². The van der Waals surface area contributed by atoms with Crippen molar-refractivity contribution < 1.29 is 14.0 Å². The number of rotatable bonds is 3. The molecule has 0 saturated heterocycles. The number of hydrogen-bond donors (Lipinski definition) is 1. The Labute approximate surface area is 73.7 Å². The molecule has 0 fully saturated rings. The summed E-state index contributed by atoms with van der Waals surface area (Å²) in [5.74, 6) is 0.487. The van der Waals surface area contributed by atoms with Crippen molar-refractivity contribution >= 4 is 8.25 Å². The van der Waals surface area contributed by atoms with Gasteiger partial charge in [0, 0.05) is 0 Å². The molecule has 0 aliphatic rings. The van der Waals surface area contributed by atoms with Gasteiger partial charge in [-0.3, -0.25) is 0 Å². The molecule has 1 unspecified atom stereocenters. The molecule has 0 amide bonds. The van der Waals surface area contributed by atoms with Gasteiger partial charge in [0.1, 0.15) is 5.76 Å². The second kappa shape index (κ2) is 5.18. The van der Waals surface area contributed by atoms with Crippen LogP contribution in [0.2, 0.25) is 0 Å². The lowest BCUT2D eigenvalue weighted by Crippen LogP contribution is -1.84. The quantitative estimate of drug-likeness (QED) is 0.422. The lowest BCUT2D eigenvalue weighted by molar-refractivity contribution is 0.358. The van der Waals surface area contributed by atoms with E-state index in [0.29, 0.717) is 5.76 Å². The lowest BCUT2D eigenvalue weighted by Gasteiger charge is -2.05. The minimum Gasteiger partial charge on any atom is -0.426 e. The highest BCUT2D eigenvalue weighted by Crippen LogP contribution is 2.24. The van der Waals surface area contributed by atoms with Crippen LogP contribution in [0.4, 0.5) is 0 Å². The molecule has 0 aromatic rings. The summed E-state index contributed by atoms with van der Waals surface area (Å²) < 4.78 is 15.1. The molecule has 12 heavy (non-hydrogen) atoms. The first-order valence-electron chi connectivity index (χ1n) is 3.66. The summed E-state index contributed by atoms with van der Waals surface area (Å²) in [7, 11) is -2.88. The minimum atomic E-state index is -2.88. The minimum absolute atomic E-state index is 0.487. The molecule has 0 aliphatic heterocycles. The van der Waals surface area contributed by atoms with Crippen LogP contribution in [-0.2, 0) is 9.09 Å². The smallest absolute Gasteiger partial charge is 0.365 e. The van der Waals surface area contributed by atoms with E-state index < -0.39 is 8.25 Å². The molecule has 0 aliphatic carbocycles. The van der Waals surface area contributed by atoms with Crippen LogP contribution >= 0.6 is 8.25 Å². The monoisotopic (exact) mass is 190 g/mol. The maximum atomic E-state index is 10.4. The first kappa shape index (κ1) is 11.5. The van der Waals surface area contributed by atoms with Gasteiger partial charge in [-0.25, -0.2) is 4.57 Å². The molecule has 0 radical (unpaired) electrons. The van der Waals surface area contributed by atoms with E-state index in [2.05, 4.69) is 0 Å². The Morgan fingerprint density at radius 1 is 1.33 bits per heavy atom. The maximum absolute atomic E-state index is 10.4. The predicted molar refractivity (Wildman–Crippen MR) is 50.1 cm³/mol. The average molecular weight is 190 g/mol. The van der Waals surface area contributed by atoms with Crippen LogP contribution in [0.5, 0.6) is 0 Å². The highest BCUT2D eigenvalue weighted by Gasteiger charge is 1.99. The van der Waals surface area contributed by atoms with Crippen LogP contribution in [-0.4, -0.2) is 4.89 Å². The van der Waals surface area contributed by atoms with E-state index in [1.807, 2.05) is 27.7 Å². The molecule has 0 heterocycles. The van der Waals surface area contributed by atoms with Crippen molar-refractivity contribution in [1.29, 1.82) is 0 Å². The highest BCUT2D eigenvalue weighted by atomic mass is 31.1. The molecule has 0 bridgehead atoms. The van der Waals surface area contributed by atoms with Gasteiger partial charge in [0.25, 0.3) is 0 Å². The van der Waals surface area contributed by atoms with Crippen molar-refractivity contribution in [2.45, 2.75) is 27.7 Å². The zero-order valence-corrected chi connectivity index (χ0v) is 8.84. The molecule has 70 valence electrons. The Morgan fingerprint density at radius 3 is 2.08 bits per heavy atom. The van der Waals surface area contributed by atoms with Crippen molar-refractivity contribution in [2.24, 2.45) is 0 Å². The standard InChI is InChI=1S/C8H15O3P/c1-6(2)5-8(7(3)4)11-12(9)10/h5,12H,1-4H3,(H,9,10). The molecule has 0 spiro atoms. The molecular formula is C8H15O3P. The lowest BCUT2D eigenvalue weighted by atomic mass is 10.2. The summed E-state index contributed by atoms with van der Waals surface area (Å²) in [4.78, 5) is 8.55. The van der Waals surface area contributed by atoms with Gasteiger partial charge in [-0.15, -0.1) is 0 Å². The second-order valence-corrected chi connectivity index (χ2v) is 3.69. The predicted octanol–water partition coefficient (Wildman–Crippen LogP) is 2.65. The van der Waals surface area contributed by atoms with Gasteiger partial charge < -0.3 is 9.42 Å². The van der Waals surface area contributed by atoms with Crippen molar-refractivity contribution in [1.82, 2.24) is 0 Å². The van der Waals surface area contributed by atoms with Gasteiger partial charge in [0.05, 0.1) is 0 Å². The highest BCUT2D eigenvalue weighted by molar-refractivity contribution is 7.32. The van der Waals surface area contributed by atoms with Crippen LogP contribution in [0.3, 0.4) is 0 Å².